The molecule has 1 aliphatic heterocycles. The van der Waals surface area contributed by atoms with Gasteiger partial charge in [0.25, 0.3) is 0 Å². The number of amides is 1. The number of hydrogen-bond donors (Lipinski definition) is 0. The van der Waals surface area contributed by atoms with Gasteiger partial charge < -0.3 is 4.42 Å². The number of oxazole rings is 1. The lowest BCUT2D eigenvalue weighted by Crippen LogP contribution is -2.37. The van der Waals surface area contributed by atoms with E-state index in [1.807, 2.05) is 24.3 Å². The number of carbonyl (C=O) groups excluding carboxylic acids is 1. The van der Waals surface area contributed by atoms with Crippen LogP contribution in [0, 0.1) is 29.0 Å². The van der Waals surface area contributed by atoms with Crippen molar-refractivity contribution in [1.82, 2.24) is 9.63 Å². The number of nitriles is 1. The molecular weight excluding hydrogens is 425 g/mol. The Bertz CT molecular complexity index is 1280. The average molecular weight is 449 g/mol. The van der Waals surface area contributed by atoms with Gasteiger partial charge in [-0.2, -0.15) is 5.26 Å². The highest BCUT2D eigenvalue weighted by molar-refractivity contribution is 5.78. The van der Waals surface area contributed by atoms with E-state index < -0.39 is 11.9 Å². The number of benzene rings is 2. The highest BCUT2D eigenvalue weighted by Gasteiger charge is 2.37. The maximum atomic E-state index is 13.9. The molecule has 0 bridgehead atoms. The molecule has 1 atom stereocenters. The fourth-order valence-electron chi connectivity index (χ4n) is 5.08. The number of aromatic nitrogens is 1. The average Bonchev–Trinajstić information content (AvgIpc) is 3.44. The monoisotopic (exact) mass is 449 g/mol. The van der Waals surface area contributed by atoms with Gasteiger partial charge >= 0.3 is 5.76 Å². The van der Waals surface area contributed by atoms with Gasteiger partial charge in [0.05, 0.1) is 29.8 Å². The van der Waals surface area contributed by atoms with Crippen molar-refractivity contribution >= 4 is 17.0 Å². The number of fused-ring (bicyclic) bond motifs is 1. The van der Waals surface area contributed by atoms with Crippen LogP contribution >= 0.6 is 0 Å². The van der Waals surface area contributed by atoms with Gasteiger partial charge in [-0.25, -0.2) is 14.2 Å². The second-order valence-corrected chi connectivity index (χ2v) is 8.85. The number of halogens is 1. The Labute approximate surface area is 189 Å². The summed E-state index contributed by atoms with van der Waals surface area (Å²) in [5, 5.41) is 10.5. The summed E-state index contributed by atoms with van der Waals surface area (Å²) in [6, 6.07) is 13.1. The number of rotatable bonds is 4. The largest absolute Gasteiger partial charge is 0.419 e. The molecule has 7 nitrogen and oxygen atoms in total. The molecule has 0 unspecified atom stereocenters. The minimum absolute atomic E-state index is 0.0929. The predicted molar refractivity (Wildman–Crippen MR) is 117 cm³/mol. The van der Waals surface area contributed by atoms with Crippen LogP contribution in [0.2, 0.25) is 0 Å². The van der Waals surface area contributed by atoms with Crippen LogP contribution in [0.25, 0.3) is 11.1 Å². The van der Waals surface area contributed by atoms with Gasteiger partial charge in [-0.1, -0.05) is 12.1 Å². The number of hydrogen-bond acceptors (Lipinski definition) is 5. The third kappa shape index (κ3) is 4.16. The molecule has 0 N–H and O–H groups in total. The van der Waals surface area contributed by atoms with Crippen molar-refractivity contribution < 1.29 is 18.4 Å². The van der Waals surface area contributed by atoms with Gasteiger partial charge in [0.1, 0.15) is 5.82 Å². The maximum Gasteiger partial charge on any atom is 0.419 e. The molecule has 0 radical (unpaired) electrons. The highest BCUT2D eigenvalue weighted by Crippen LogP contribution is 2.37. The minimum Gasteiger partial charge on any atom is -0.408 e. The molecule has 33 heavy (non-hydrogen) atoms. The van der Waals surface area contributed by atoms with Crippen molar-refractivity contribution in [3.63, 3.8) is 0 Å². The van der Waals surface area contributed by atoms with E-state index in [1.165, 1.54) is 17.2 Å². The molecule has 2 fully saturated rings. The van der Waals surface area contributed by atoms with E-state index in [2.05, 4.69) is 0 Å². The van der Waals surface area contributed by atoms with Crippen molar-refractivity contribution in [3.05, 3.63) is 70.0 Å². The summed E-state index contributed by atoms with van der Waals surface area (Å²) >= 11 is 0. The fourth-order valence-corrected chi connectivity index (χ4v) is 5.08. The topological polar surface area (TPSA) is 88.5 Å². The second kappa shape index (κ2) is 8.83. The van der Waals surface area contributed by atoms with E-state index in [4.69, 9.17) is 14.5 Å². The molecule has 2 aliphatic rings. The predicted octanol–water partition coefficient (Wildman–Crippen LogP) is 4.32. The second-order valence-electron chi connectivity index (χ2n) is 8.85. The Balaban J connectivity index is 1.25. The van der Waals surface area contributed by atoms with E-state index in [0.29, 0.717) is 43.6 Å². The van der Waals surface area contributed by atoms with E-state index >= 15 is 0 Å². The zero-order valence-electron chi connectivity index (χ0n) is 18.1. The first-order valence-corrected chi connectivity index (χ1v) is 11.3. The molecule has 8 heteroatoms. The van der Waals surface area contributed by atoms with Gasteiger partial charge in [-0.05, 0) is 67.5 Å². The summed E-state index contributed by atoms with van der Waals surface area (Å²) in [4.78, 5) is 31.2. The van der Waals surface area contributed by atoms with Gasteiger partial charge in [0.15, 0.2) is 5.58 Å². The molecule has 1 aromatic heterocycles. The standard InChI is InChI=1S/C25H24FN3O4/c26-20-12-17(14-27)11-19(13-20)21-9-10-32-29(21)24(30)18-7-5-16(6-8-18)15-28-22-3-1-2-4-23(22)33-25(28)31/h1-4,11-13,16,18,21H,5-10,15H2/t16?,18?,21-/m0/s1. The van der Waals surface area contributed by atoms with E-state index in [-0.39, 0.29) is 29.1 Å². The molecule has 2 aromatic carbocycles. The van der Waals surface area contributed by atoms with Crippen molar-refractivity contribution in [2.45, 2.75) is 44.7 Å². The molecule has 0 spiro atoms. The first-order chi connectivity index (χ1) is 16.0. The molecule has 2 heterocycles. The summed E-state index contributed by atoms with van der Waals surface area (Å²) in [5.41, 5.74) is 2.19. The van der Waals surface area contributed by atoms with Crippen molar-refractivity contribution in [2.75, 3.05) is 6.61 Å². The van der Waals surface area contributed by atoms with E-state index in [1.54, 1.807) is 16.7 Å². The Hall–Kier alpha value is -3.44. The van der Waals surface area contributed by atoms with Crippen LogP contribution in [-0.2, 0) is 16.2 Å². The molecule has 1 saturated heterocycles. The first kappa shape index (κ1) is 21.4. The maximum absolute atomic E-state index is 13.9. The van der Waals surface area contributed by atoms with E-state index in [0.717, 1.165) is 18.4 Å². The molecular formula is C25H24FN3O4. The third-order valence-corrected chi connectivity index (χ3v) is 6.77. The van der Waals surface area contributed by atoms with E-state index in [9.17, 15) is 14.0 Å². The van der Waals surface area contributed by atoms with Crippen molar-refractivity contribution in [3.8, 4) is 6.07 Å². The number of carbonyl (C=O) groups is 1. The zero-order valence-corrected chi connectivity index (χ0v) is 18.1. The number of nitrogens with zero attached hydrogens (tertiary/aromatic N) is 3. The van der Waals surface area contributed by atoms with Gasteiger partial charge in [0, 0.05) is 18.9 Å². The van der Waals surface area contributed by atoms with Crippen LogP contribution in [0.1, 0.15) is 49.3 Å². The third-order valence-electron chi connectivity index (χ3n) is 6.77. The van der Waals surface area contributed by atoms with Gasteiger partial charge in [-0.3, -0.25) is 14.2 Å². The molecule has 1 saturated carbocycles. The SMILES string of the molecule is N#Cc1cc(F)cc([C@@H]2CCON2C(=O)C2CCC(Cn3c(=O)oc4ccccc43)CC2)c1. The summed E-state index contributed by atoms with van der Waals surface area (Å²) in [5.74, 6) is -0.835. The van der Waals surface area contributed by atoms with Crippen LogP contribution in [0.5, 0.6) is 0 Å². The normalized spacial score (nSPS) is 23.0. The van der Waals surface area contributed by atoms with Gasteiger partial charge in [-0.15, -0.1) is 0 Å². The van der Waals surface area contributed by atoms with Crippen LogP contribution in [0.15, 0.2) is 51.7 Å². The Morgan fingerprint density at radius 2 is 1.91 bits per heavy atom. The summed E-state index contributed by atoms with van der Waals surface area (Å²) < 4.78 is 21.0. The van der Waals surface area contributed by atoms with Gasteiger partial charge in [0.2, 0.25) is 5.91 Å². The van der Waals surface area contributed by atoms with Crippen LogP contribution in [-0.4, -0.2) is 22.1 Å². The van der Waals surface area contributed by atoms with Crippen molar-refractivity contribution in [1.29, 1.82) is 5.26 Å². The van der Waals surface area contributed by atoms with Crippen LogP contribution in [0.3, 0.4) is 0 Å². The number of para-hydroxylation sites is 2. The lowest BCUT2D eigenvalue weighted by molar-refractivity contribution is -0.183. The number of hydroxylamine groups is 2. The fraction of sp³-hybridized carbons (Fsp3) is 0.400. The van der Waals surface area contributed by atoms with Crippen molar-refractivity contribution in [2.24, 2.45) is 11.8 Å². The summed E-state index contributed by atoms with van der Waals surface area (Å²) in [6.45, 7) is 0.945. The Morgan fingerprint density at radius 3 is 2.70 bits per heavy atom. The lowest BCUT2D eigenvalue weighted by atomic mass is 9.81. The summed E-state index contributed by atoms with van der Waals surface area (Å²) in [6.07, 6.45) is 3.60. The summed E-state index contributed by atoms with van der Waals surface area (Å²) in [7, 11) is 0. The Kier molecular flexibility index (Phi) is 5.73. The first-order valence-electron chi connectivity index (χ1n) is 11.3. The molecule has 1 amide bonds. The molecule has 170 valence electrons. The smallest absolute Gasteiger partial charge is 0.408 e. The minimum atomic E-state index is -0.495. The zero-order chi connectivity index (χ0) is 22.9. The molecule has 1 aliphatic carbocycles. The Morgan fingerprint density at radius 1 is 1.12 bits per heavy atom. The quantitative estimate of drug-likeness (QED) is 0.592. The lowest BCUT2D eigenvalue weighted by Gasteiger charge is -2.32. The molecule has 3 aromatic rings. The highest BCUT2D eigenvalue weighted by atomic mass is 19.1. The van der Waals surface area contributed by atoms with Crippen LogP contribution in [0.4, 0.5) is 4.39 Å². The van der Waals surface area contributed by atoms with Crippen LogP contribution < -0.4 is 5.76 Å². The molecule has 5 rings (SSSR count).